The quantitative estimate of drug-likeness (QED) is 0.691. The summed E-state index contributed by atoms with van der Waals surface area (Å²) in [4.78, 5) is 27.2. The lowest BCUT2D eigenvalue weighted by atomic mass is 9.68. The van der Waals surface area contributed by atoms with E-state index < -0.39 is 11.7 Å². The molecule has 3 aliphatic carbocycles. The molecule has 168 valence electrons. The molecule has 5 nitrogen and oxygen atoms in total. The fourth-order valence-corrected chi connectivity index (χ4v) is 5.33. The van der Waals surface area contributed by atoms with Crippen LogP contribution >= 0.6 is 0 Å². The molecule has 1 saturated carbocycles. The predicted octanol–water partition coefficient (Wildman–Crippen LogP) is 5.02. The standard InChI is InChI=1S/C26H36N2O3/c1-26(2,3)31-25(30)27-17-19-5-4-6-22(15-19)20-11-13-28(14-12-20)24(29)23-16-18-7-9-21(23)10-8-18/h4-7,9,15,18,20-21,23H,8,10-14,16-17H2,1-3H3,(H,27,30). The van der Waals surface area contributed by atoms with E-state index in [2.05, 4.69) is 40.6 Å². The molecule has 0 aromatic heterocycles. The van der Waals surface area contributed by atoms with Crippen molar-refractivity contribution in [2.75, 3.05) is 13.1 Å². The highest BCUT2D eigenvalue weighted by Crippen LogP contribution is 2.42. The fourth-order valence-electron chi connectivity index (χ4n) is 5.33. The number of hydrogen-bond donors (Lipinski definition) is 1. The largest absolute Gasteiger partial charge is 0.444 e. The fraction of sp³-hybridized carbons (Fsp3) is 0.615. The van der Waals surface area contributed by atoms with Gasteiger partial charge in [-0.15, -0.1) is 0 Å². The van der Waals surface area contributed by atoms with Crippen LogP contribution in [0.4, 0.5) is 4.79 Å². The van der Waals surface area contributed by atoms with E-state index in [1.54, 1.807) is 0 Å². The molecule has 2 amide bonds. The van der Waals surface area contributed by atoms with Crippen molar-refractivity contribution in [3.8, 4) is 0 Å². The predicted molar refractivity (Wildman–Crippen MR) is 122 cm³/mol. The molecule has 0 spiro atoms. The van der Waals surface area contributed by atoms with Gasteiger partial charge in [0.25, 0.3) is 0 Å². The van der Waals surface area contributed by atoms with Crippen molar-refractivity contribution in [3.05, 3.63) is 47.5 Å². The number of nitrogens with one attached hydrogen (secondary N) is 1. The number of amides is 2. The Balaban J connectivity index is 1.29. The Bertz CT molecular complexity index is 833. The molecule has 31 heavy (non-hydrogen) atoms. The van der Waals surface area contributed by atoms with Gasteiger partial charge in [0, 0.05) is 25.6 Å². The summed E-state index contributed by atoms with van der Waals surface area (Å²) in [5, 5.41) is 2.84. The molecule has 4 aliphatic rings. The molecule has 5 heteroatoms. The molecule has 1 N–H and O–H groups in total. The van der Waals surface area contributed by atoms with E-state index >= 15 is 0 Å². The average molecular weight is 425 g/mol. The Morgan fingerprint density at radius 2 is 1.87 bits per heavy atom. The maximum atomic E-state index is 13.1. The van der Waals surface area contributed by atoms with Crippen LogP contribution < -0.4 is 5.32 Å². The molecule has 1 aromatic rings. The van der Waals surface area contributed by atoms with Gasteiger partial charge in [-0.3, -0.25) is 4.79 Å². The third-order valence-corrected chi connectivity index (χ3v) is 6.96. The van der Waals surface area contributed by atoms with Crippen molar-refractivity contribution in [2.24, 2.45) is 17.8 Å². The zero-order valence-electron chi connectivity index (χ0n) is 19.1. The normalized spacial score (nSPS) is 26.0. The molecule has 3 unspecified atom stereocenters. The Labute approximate surface area is 186 Å². The number of benzene rings is 1. The maximum absolute atomic E-state index is 13.1. The number of carbonyl (C=O) groups excluding carboxylic acids is 2. The monoisotopic (exact) mass is 424 g/mol. The molecule has 2 fully saturated rings. The lowest BCUT2D eigenvalue weighted by Gasteiger charge is -2.41. The molecule has 0 radical (unpaired) electrons. The molecule has 5 rings (SSSR count). The first kappa shape index (κ1) is 21.9. The maximum Gasteiger partial charge on any atom is 0.407 e. The van der Waals surface area contributed by atoms with Crippen LogP contribution in [0.3, 0.4) is 0 Å². The lowest BCUT2D eigenvalue weighted by molar-refractivity contribution is -0.139. The molecule has 1 saturated heterocycles. The third kappa shape index (κ3) is 5.50. The number of rotatable bonds is 4. The van der Waals surface area contributed by atoms with Crippen LogP contribution in [0.1, 0.15) is 69.9 Å². The van der Waals surface area contributed by atoms with Crippen LogP contribution in [0.25, 0.3) is 0 Å². The molecule has 2 bridgehead atoms. The van der Waals surface area contributed by atoms with Crippen LogP contribution in [-0.2, 0) is 16.1 Å². The number of likely N-dealkylation sites (tertiary alicyclic amines) is 1. The number of carbonyl (C=O) groups is 2. The highest BCUT2D eigenvalue weighted by molar-refractivity contribution is 5.80. The van der Waals surface area contributed by atoms with Gasteiger partial charge in [0.1, 0.15) is 5.60 Å². The van der Waals surface area contributed by atoms with Gasteiger partial charge in [0.2, 0.25) is 5.91 Å². The summed E-state index contributed by atoms with van der Waals surface area (Å²) >= 11 is 0. The average Bonchev–Trinajstić information content (AvgIpc) is 2.77. The number of fused-ring (bicyclic) bond motifs is 2. The lowest BCUT2D eigenvalue weighted by Crippen LogP contribution is -2.45. The molecule has 1 aromatic carbocycles. The Kier molecular flexibility index (Phi) is 6.40. The van der Waals surface area contributed by atoms with Crippen molar-refractivity contribution < 1.29 is 14.3 Å². The van der Waals surface area contributed by atoms with Crippen LogP contribution in [0.2, 0.25) is 0 Å². The summed E-state index contributed by atoms with van der Waals surface area (Å²) in [6.07, 6.45) is 9.72. The summed E-state index contributed by atoms with van der Waals surface area (Å²) in [5.74, 6) is 2.14. The van der Waals surface area contributed by atoms with Gasteiger partial charge in [-0.1, -0.05) is 36.4 Å². The number of allylic oxidation sites excluding steroid dienone is 2. The molecular weight excluding hydrogens is 388 g/mol. The summed E-state index contributed by atoms with van der Waals surface area (Å²) < 4.78 is 5.32. The second kappa shape index (κ2) is 9.05. The van der Waals surface area contributed by atoms with Gasteiger partial charge in [0.05, 0.1) is 0 Å². The smallest absolute Gasteiger partial charge is 0.407 e. The van der Waals surface area contributed by atoms with E-state index in [-0.39, 0.29) is 5.92 Å². The van der Waals surface area contributed by atoms with E-state index in [4.69, 9.17) is 4.74 Å². The summed E-state index contributed by atoms with van der Waals surface area (Å²) in [6.45, 7) is 7.74. The first-order chi connectivity index (χ1) is 14.8. The van der Waals surface area contributed by atoms with Crippen LogP contribution in [-0.4, -0.2) is 35.6 Å². The number of ether oxygens (including phenoxy) is 1. The molecular formula is C26H36N2O3. The second-order valence-corrected chi connectivity index (χ2v) is 10.4. The van der Waals surface area contributed by atoms with Crippen LogP contribution in [0.15, 0.2) is 36.4 Å². The molecule has 3 atom stereocenters. The summed E-state index contributed by atoms with van der Waals surface area (Å²) in [5.41, 5.74) is 1.88. The van der Waals surface area contributed by atoms with E-state index in [1.165, 1.54) is 18.4 Å². The minimum atomic E-state index is -0.495. The van der Waals surface area contributed by atoms with E-state index in [9.17, 15) is 9.59 Å². The van der Waals surface area contributed by atoms with Gasteiger partial charge in [-0.25, -0.2) is 4.79 Å². The first-order valence-corrected chi connectivity index (χ1v) is 11.8. The zero-order valence-corrected chi connectivity index (χ0v) is 19.1. The van der Waals surface area contributed by atoms with Gasteiger partial charge in [-0.05, 0) is 81.8 Å². The third-order valence-electron chi connectivity index (χ3n) is 6.96. The van der Waals surface area contributed by atoms with Crippen molar-refractivity contribution >= 4 is 12.0 Å². The Hall–Kier alpha value is -2.30. The zero-order chi connectivity index (χ0) is 22.0. The van der Waals surface area contributed by atoms with Crippen molar-refractivity contribution in [2.45, 2.75) is 70.9 Å². The highest BCUT2D eigenvalue weighted by Gasteiger charge is 2.39. The molecule has 1 aliphatic heterocycles. The first-order valence-electron chi connectivity index (χ1n) is 11.8. The van der Waals surface area contributed by atoms with Gasteiger partial charge >= 0.3 is 6.09 Å². The van der Waals surface area contributed by atoms with Gasteiger partial charge in [0.15, 0.2) is 0 Å². The van der Waals surface area contributed by atoms with E-state index in [0.717, 1.165) is 37.9 Å². The minimum Gasteiger partial charge on any atom is -0.444 e. The number of nitrogens with zero attached hydrogens (tertiary/aromatic N) is 1. The van der Waals surface area contributed by atoms with E-state index in [0.29, 0.717) is 30.2 Å². The van der Waals surface area contributed by atoms with Gasteiger partial charge < -0.3 is 15.0 Å². The Morgan fingerprint density at radius 1 is 1.10 bits per heavy atom. The molecule has 1 heterocycles. The second-order valence-electron chi connectivity index (χ2n) is 10.4. The van der Waals surface area contributed by atoms with Crippen molar-refractivity contribution in [1.29, 1.82) is 0 Å². The number of alkyl carbamates (subject to hydrolysis) is 1. The van der Waals surface area contributed by atoms with Crippen LogP contribution in [0.5, 0.6) is 0 Å². The minimum absolute atomic E-state index is 0.211. The van der Waals surface area contributed by atoms with Crippen molar-refractivity contribution in [3.63, 3.8) is 0 Å². The van der Waals surface area contributed by atoms with Crippen molar-refractivity contribution in [1.82, 2.24) is 10.2 Å². The Morgan fingerprint density at radius 3 is 2.48 bits per heavy atom. The van der Waals surface area contributed by atoms with E-state index in [1.807, 2.05) is 26.8 Å². The SMILES string of the molecule is CC(C)(C)OC(=O)NCc1cccc(C2CCN(C(=O)C3CC4C=CC3CC4)CC2)c1. The van der Waals surface area contributed by atoms with Crippen LogP contribution in [0, 0.1) is 17.8 Å². The summed E-state index contributed by atoms with van der Waals surface area (Å²) in [6, 6.07) is 8.45. The topological polar surface area (TPSA) is 58.6 Å². The van der Waals surface area contributed by atoms with Gasteiger partial charge in [-0.2, -0.15) is 0 Å². The number of piperidine rings is 1. The highest BCUT2D eigenvalue weighted by atomic mass is 16.6. The summed E-state index contributed by atoms with van der Waals surface area (Å²) in [7, 11) is 0. The number of hydrogen-bond acceptors (Lipinski definition) is 3.